The number of phenols is 1. The average molecular weight is 851 g/mol. The van der Waals surface area contributed by atoms with E-state index >= 15 is 0 Å². The molecule has 3 heterocycles. The molecule has 0 amide bonds. The van der Waals surface area contributed by atoms with Gasteiger partial charge in [0.05, 0.1) is 5.69 Å². The van der Waals surface area contributed by atoms with Crippen LogP contribution in [0.15, 0.2) is 168 Å². The first-order chi connectivity index (χ1) is 25.1. The molecule has 0 aliphatic carbocycles. The van der Waals surface area contributed by atoms with Crippen molar-refractivity contribution in [2.45, 2.75) is 6.92 Å². The van der Waals surface area contributed by atoms with Gasteiger partial charge in [-0.1, -0.05) is 120 Å². The first-order valence-electron chi connectivity index (χ1n) is 17.0. The van der Waals surface area contributed by atoms with Crippen molar-refractivity contribution >= 4 is 21.9 Å². The topological polar surface area (TPSA) is 59.2 Å². The van der Waals surface area contributed by atoms with Gasteiger partial charge in [-0.25, -0.2) is 0 Å². The first-order valence-corrected chi connectivity index (χ1v) is 17.0. The third-order valence-corrected chi connectivity index (χ3v) is 9.32. The quantitative estimate of drug-likeness (QED) is 0.169. The smallest absolute Gasteiger partial charge is 0.143 e. The minimum atomic E-state index is 0. The third-order valence-electron chi connectivity index (χ3n) is 9.32. The first kappa shape index (κ1) is 33.1. The van der Waals surface area contributed by atoms with Crippen LogP contribution in [0.25, 0.3) is 89.1 Å². The summed E-state index contributed by atoms with van der Waals surface area (Å²) in [6.07, 6.45) is 0. The molecule has 0 aliphatic heterocycles. The molecule has 3 aromatic heterocycles. The molecule has 0 radical (unpaired) electrons. The van der Waals surface area contributed by atoms with E-state index in [9.17, 15) is 5.11 Å². The zero-order valence-electron chi connectivity index (χ0n) is 28.2. The third kappa shape index (κ3) is 6.23. The normalized spacial score (nSPS) is 11.1. The van der Waals surface area contributed by atoms with Crippen LogP contribution in [0.4, 0.5) is 0 Å². The molecule has 0 atom stereocenters. The second-order valence-corrected chi connectivity index (χ2v) is 12.7. The molecule has 252 valence electrons. The summed E-state index contributed by atoms with van der Waals surface area (Å²) in [4.78, 5) is 9.98. The van der Waals surface area contributed by atoms with E-state index < -0.39 is 0 Å². The van der Waals surface area contributed by atoms with Gasteiger partial charge in [0.1, 0.15) is 16.9 Å². The summed E-state index contributed by atoms with van der Waals surface area (Å²) in [5.41, 5.74) is 13.8. The van der Waals surface area contributed by atoms with Crippen LogP contribution in [0.3, 0.4) is 0 Å². The maximum Gasteiger partial charge on any atom is 0.143 e. The van der Waals surface area contributed by atoms with E-state index in [-0.39, 0.29) is 26.8 Å². The molecule has 4 nitrogen and oxygen atoms in total. The van der Waals surface area contributed by atoms with Gasteiger partial charge in [-0.05, 0) is 71.1 Å². The van der Waals surface area contributed by atoms with Crippen molar-refractivity contribution in [3.8, 4) is 72.9 Å². The SMILES string of the molecule is Cc1cc(-c2cccc(-c3cccc4c3oc3ccccc34)c2)cc(-c2[c-]c(-c3cc(-c4ccccc4)cc(-c4ccccc4O)n3)ccc2)n1.[Pt]. The van der Waals surface area contributed by atoms with Crippen molar-refractivity contribution in [2.24, 2.45) is 0 Å². The van der Waals surface area contributed by atoms with Crippen LogP contribution in [0, 0.1) is 13.0 Å². The molecule has 5 heteroatoms. The van der Waals surface area contributed by atoms with Crippen molar-refractivity contribution in [3.63, 3.8) is 0 Å². The Bertz CT molecular complexity index is 2730. The Labute approximate surface area is 316 Å². The van der Waals surface area contributed by atoms with E-state index in [1.54, 1.807) is 6.07 Å². The molecule has 9 rings (SSSR count). The van der Waals surface area contributed by atoms with Gasteiger partial charge in [0, 0.05) is 60.0 Å². The maximum atomic E-state index is 10.7. The van der Waals surface area contributed by atoms with Crippen molar-refractivity contribution in [2.75, 3.05) is 0 Å². The van der Waals surface area contributed by atoms with E-state index in [2.05, 4.69) is 84.9 Å². The number of benzene rings is 6. The number of pyridine rings is 2. The summed E-state index contributed by atoms with van der Waals surface area (Å²) in [6.45, 7) is 2.03. The molecule has 0 spiro atoms. The fourth-order valence-electron chi connectivity index (χ4n) is 6.88. The van der Waals surface area contributed by atoms with Crippen LogP contribution in [0.1, 0.15) is 5.69 Å². The Kier molecular flexibility index (Phi) is 8.84. The fourth-order valence-corrected chi connectivity index (χ4v) is 6.88. The number of fused-ring (bicyclic) bond motifs is 3. The number of nitrogens with zero attached hydrogens (tertiary/aromatic N) is 2. The Morgan fingerprint density at radius 1 is 0.481 bits per heavy atom. The van der Waals surface area contributed by atoms with Crippen molar-refractivity contribution in [3.05, 3.63) is 176 Å². The molecule has 0 saturated carbocycles. The monoisotopic (exact) mass is 850 g/mol. The van der Waals surface area contributed by atoms with Crippen molar-refractivity contribution in [1.82, 2.24) is 9.97 Å². The van der Waals surface area contributed by atoms with Gasteiger partial charge in [0.25, 0.3) is 0 Å². The summed E-state index contributed by atoms with van der Waals surface area (Å²) in [5, 5.41) is 13.0. The van der Waals surface area contributed by atoms with Gasteiger partial charge in [0.15, 0.2) is 0 Å². The Balaban J connectivity index is 0.00000387. The Hall–Kier alpha value is -6.09. The molecule has 52 heavy (non-hydrogen) atoms. The van der Waals surface area contributed by atoms with E-state index in [1.807, 2.05) is 85.8 Å². The van der Waals surface area contributed by atoms with Crippen LogP contribution >= 0.6 is 0 Å². The van der Waals surface area contributed by atoms with E-state index in [4.69, 9.17) is 14.4 Å². The summed E-state index contributed by atoms with van der Waals surface area (Å²) in [7, 11) is 0. The molecular formula is C47H31N2O2Pt-. The molecule has 6 aromatic carbocycles. The van der Waals surface area contributed by atoms with E-state index in [1.165, 1.54) is 0 Å². The fraction of sp³-hybridized carbons (Fsp3) is 0.0213. The number of phenolic OH excluding ortho intramolecular Hbond substituents is 1. The number of furan rings is 1. The van der Waals surface area contributed by atoms with Crippen molar-refractivity contribution in [1.29, 1.82) is 0 Å². The average Bonchev–Trinajstić information content (AvgIpc) is 3.57. The number of aromatic nitrogens is 2. The maximum absolute atomic E-state index is 10.7. The van der Waals surface area contributed by atoms with E-state index in [0.717, 1.165) is 83.5 Å². The molecule has 9 aromatic rings. The number of aryl methyl sites for hydroxylation is 1. The molecule has 0 aliphatic rings. The van der Waals surface area contributed by atoms with Gasteiger partial charge >= 0.3 is 0 Å². The molecule has 1 N–H and O–H groups in total. The number of rotatable bonds is 6. The van der Waals surface area contributed by atoms with E-state index in [0.29, 0.717) is 11.3 Å². The summed E-state index contributed by atoms with van der Waals surface area (Å²) in [6, 6.07) is 58.7. The second-order valence-electron chi connectivity index (χ2n) is 12.7. The predicted octanol–water partition coefficient (Wildman–Crippen LogP) is 12.2. The predicted molar refractivity (Wildman–Crippen MR) is 207 cm³/mol. The molecular weight excluding hydrogens is 820 g/mol. The van der Waals surface area contributed by atoms with Gasteiger partial charge in [-0.15, -0.1) is 24.3 Å². The van der Waals surface area contributed by atoms with Gasteiger partial charge < -0.3 is 9.52 Å². The number of hydrogen-bond acceptors (Lipinski definition) is 4. The Morgan fingerprint density at radius 3 is 1.90 bits per heavy atom. The van der Waals surface area contributed by atoms with Gasteiger partial charge in [-0.2, -0.15) is 0 Å². The molecule has 0 fully saturated rings. The summed E-state index contributed by atoms with van der Waals surface area (Å²) in [5.74, 6) is 0.189. The van der Waals surface area contributed by atoms with Crippen LogP contribution in [0.5, 0.6) is 5.75 Å². The standard InChI is InChI=1S/C47H31N2O2.Pt/c1-30-24-36(32-14-9-15-33(25-32)38-20-11-21-40-39-18-6-8-23-46(39)51-47(38)40)27-42(48-30)34-16-10-17-35(26-34)43-28-37(31-12-3-2-4-13-31)29-44(49-43)41-19-5-7-22-45(41)50;/h2-25,27-29,50H,1H3;/q-1;. The molecule has 0 saturated heterocycles. The minimum Gasteiger partial charge on any atom is -0.507 e. The van der Waals surface area contributed by atoms with Crippen LogP contribution in [0.2, 0.25) is 0 Å². The van der Waals surface area contributed by atoms with Crippen molar-refractivity contribution < 1.29 is 30.6 Å². The summed E-state index contributed by atoms with van der Waals surface area (Å²) >= 11 is 0. The molecule has 0 bridgehead atoms. The minimum absolute atomic E-state index is 0. The van der Waals surface area contributed by atoms with Crippen LogP contribution < -0.4 is 0 Å². The number of aromatic hydroxyl groups is 1. The zero-order chi connectivity index (χ0) is 34.3. The Morgan fingerprint density at radius 2 is 1.08 bits per heavy atom. The number of para-hydroxylation sites is 3. The van der Waals surface area contributed by atoms with Crippen LogP contribution in [-0.4, -0.2) is 15.1 Å². The van der Waals surface area contributed by atoms with Crippen LogP contribution in [-0.2, 0) is 21.1 Å². The van der Waals surface area contributed by atoms with Gasteiger partial charge in [-0.3, -0.25) is 9.97 Å². The zero-order valence-corrected chi connectivity index (χ0v) is 30.4. The summed E-state index contributed by atoms with van der Waals surface area (Å²) < 4.78 is 6.37. The second kappa shape index (κ2) is 13.9. The number of hydrogen-bond donors (Lipinski definition) is 1. The van der Waals surface area contributed by atoms with Gasteiger partial charge in [0.2, 0.25) is 0 Å². The molecule has 0 unspecified atom stereocenters. The largest absolute Gasteiger partial charge is 0.507 e.